The van der Waals surface area contributed by atoms with Crippen molar-refractivity contribution in [3.05, 3.63) is 42.0 Å². The van der Waals surface area contributed by atoms with Gasteiger partial charge in [0.2, 0.25) is 5.95 Å². The summed E-state index contributed by atoms with van der Waals surface area (Å²) in [6.45, 7) is 4.69. The van der Waals surface area contributed by atoms with Crippen LogP contribution in [0.5, 0.6) is 0 Å². The highest BCUT2D eigenvalue weighted by Crippen LogP contribution is 2.17. The minimum absolute atomic E-state index is 0.197. The van der Waals surface area contributed by atoms with Gasteiger partial charge in [-0.2, -0.15) is 0 Å². The molecule has 0 radical (unpaired) electrons. The highest BCUT2D eigenvalue weighted by Gasteiger charge is 2.06. The Morgan fingerprint density at radius 2 is 2.24 bits per heavy atom. The lowest BCUT2D eigenvalue weighted by atomic mass is 10.2. The van der Waals surface area contributed by atoms with E-state index in [0.717, 1.165) is 24.6 Å². The van der Waals surface area contributed by atoms with E-state index < -0.39 is 0 Å². The summed E-state index contributed by atoms with van der Waals surface area (Å²) in [6.07, 6.45) is 4.55. The summed E-state index contributed by atoms with van der Waals surface area (Å²) in [5, 5.41) is 3.20. The Bertz CT molecular complexity index is 505. The van der Waals surface area contributed by atoms with Crippen molar-refractivity contribution in [3.8, 4) is 5.69 Å². The average Bonchev–Trinajstić information content (AvgIpc) is 2.78. The number of hydrogen-bond acceptors (Lipinski definition) is 2. The number of aryl methyl sites for hydroxylation is 1. The molecule has 1 N–H and O–H groups in total. The van der Waals surface area contributed by atoms with E-state index in [-0.39, 0.29) is 5.82 Å². The van der Waals surface area contributed by atoms with E-state index in [1.54, 1.807) is 19.2 Å². The van der Waals surface area contributed by atoms with Crippen molar-refractivity contribution in [2.45, 2.75) is 20.3 Å². The average molecular weight is 233 g/mol. The summed E-state index contributed by atoms with van der Waals surface area (Å²) in [6, 6.07) is 5.18. The number of anilines is 1. The molecule has 1 heterocycles. The molecule has 1 aromatic carbocycles. The molecular weight excluding hydrogens is 217 g/mol. The van der Waals surface area contributed by atoms with Gasteiger partial charge < -0.3 is 5.32 Å². The Kier molecular flexibility index (Phi) is 3.42. The number of hydrogen-bond donors (Lipinski definition) is 1. The fourth-order valence-corrected chi connectivity index (χ4v) is 1.61. The first-order chi connectivity index (χ1) is 8.22. The van der Waals surface area contributed by atoms with Gasteiger partial charge in [-0.25, -0.2) is 9.37 Å². The summed E-state index contributed by atoms with van der Waals surface area (Å²) in [5.41, 5.74) is 1.43. The Balaban J connectivity index is 2.32. The van der Waals surface area contributed by atoms with Gasteiger partial charge >= 0.3 is 0 Å². The maximum Gasteiger partial charge on any atom is 0.207 e. The Morgan fingerprint density at radius 1 is 1.41 bits per heavy atom. The summed E-state index contributed by atoms with van der Waals surface area (Å²) < 4.78 is 15.3. The van der Waals surface area contributed by atoms with Crippen LogP contribution in [-0.2, 0) is 0 Å². The molecule has 90 valence electrons. The molecule has 4 heteroatoms. The largest absolute Gasteiger partial charge is 0.355 e. The van der Waals surface area contributed by atoms with Gasteiger partial charge in [0.05, 0.1) is 5.69 Å². The molecular formula is C13H16FN3. The lowest BCUT2D eigenvalue weighted by molar-refractivity contribution is 0.617. The normalized spacial score (nSPS) is 10.5. The molecule has 17 heavy (non-hydrogen) atoms. The van der Waals surface area contributed by atoms with E-state index in [1.807, 2.05) is 16.8 Å². The molecule has 0 aliphatic heterocycles. The van der Waals surface area contributed by atoms with E-state index in [9.17, 15) is 4.39 Å². The second kappa shape index (κ2) is 4.99. The minimum Gasteiger partial charge on any atom is -0.355 e. The highest BCUT2D eigenvalue weighted by molar-refractivity contribution is 5.43. The van der Waals surface area contributed by atoms with Crippen LogP contribution in [0.3, 0.4) is 0 Å². The number of nitrogens with zero attached hydrogens (tertiary/aromatic N) is 2. The lowest BCUT2D eigenvalue weighted by Crippen LogP contribution is -2.06. The standard InChI is InChI=1S/C13H16FN3/c1-3-6-15-13-16-7-8-17(13)11-5-4-10(2)12(14)9-11/h4-5,7-9H,3,6H2,1-2H3,(H,15,16). The number of aromatic nitrogens is 2. The van der Waals surface area contributed by atoms with Crippen LogP contribution in [0.25, 0.3) is 5.69 Å². The lowest BCUT2D eigenvalue weighted by Gasteiger charge is -2.09. The quantitative estimate of drug-likeness (QED) is 0.879. The van der Waals surface area contributed by atoms with E-state index in [2.05, 4.69) is 17.2 Å². The monoisotopic (exact) mass is 233 g/mol. The van der Waals surface area contributed by atoms with Gasteiger partial charge in [0.25, 0.3) is 0 Å². The molecule has 0 saturated carbocycles. The number of benzene rings is 1. The van der Waals surface area contributed by atoms with Gasteiger partial charge in [-0.1, -0.05) is 13.0 Å². The second-order valence-electron chi connectivity index (χ2n) is 3.98. The van der Waals surface area contributed by atoms with E-state index in [1.165, 1.54) is 6.07 Å². The Hall–Kier alpha value is -1.84. The molecule has 3 nitrogen and oxygen atoms in total. The van der Waals surface area contributed by atoms with E-state index >= 15 is 0 Å². The first-order valence-electron chi connectivity index (χ1n) is 5.76. The molecule has 0 amide bonds. The molecule has 0 aliphatic carbocycles. The smallest absolute Gasteiger partial charge is 0.207 e. The zero-order chi connectivity index (χ0) is 12.3. The molecule has 2 rings (SSSR count). The van der Waals surface area contributed by atoms with Gasteiger partial charge in [0.15, 0.2) is 0 Å². The van der Waals surface area contributed by atoms with Gasteiger partial charge in [-0.3, -0.25) is 4.57 Å². The Morgan fingerprint density at radius 3 is 2.94 bits per heavy atom. The molecule has 0 aliphatic rings. The summed E-state index contributed by atoms with van der Waals surface area (Å²) in [5.74, 6) is 0.549. The first-order valence-corrected chi connectivity index (χ1v) is 5.76. The SMILES string of the molecule is CCCNc1nccn1-c1ccc(C)c(F)c1. The first kappa shape index (κ1) is 11.6. The van der Waals surface area contributed by atoms with Gasteiger partial charge in [0, 0.05) is 18.9 Å². The van der Waals surface area contributed by atoms with Crippen LogP contribution in [0, 0.1) is 12.7 Å². The molecule has 0 fully saturated rings. The molecule has 0 bridgehead atoms. The van der Waals surface area contributed by atoms with Crippen LogP contribution in [0.1, 0.15) is 18.9 Å². The zero-order valence-corrected chi connectivity index (χ0v) is 10.1. The third-order valence-electron chi connectivity index (χ3n) is 2.61. The third-order valence-corrected chi connectivity index (χ3v) is 2.61. The van der Waals surface area contributed by atoms with Crippen molar-refractivity contribution < 1.29 is 4.39 Å². The van der Waals surface area contributed by atoms with Crippen LogP contribution in [0.15, 0.2) is 30.6 Å². The van der Waals surface area contributed by atoms with Crippen LogP contribution in [-0.4, -0.2) is 16.1 Å². The highest BCUT2D eigenvalue weighted by atomic mass is 19.1. The predicted octanol–water partition coefficient (Wildman–Crippen LogP) is 3.14. The Labute approximate surface area is 100 Å². The van der Waals surface area contributed by atoms with Crippen molar-refractivity contribution in [2.75, 3.05) is 11.9 Å². The molecule has 0 atom stereocenters. The van der Waals surface area contributed by atoms with Gasteiger partial charge in [-0.05, 0) is 31.0 Å². The van der Waals surface area contributed by atoms with Gasteiger partial charge in [-0.15, -0.1) is 0 Å². The molecule has 0 saturated heterocycles. The number of nitrogens with one attached hydrogen (secondary N) is 1. The maximum atomic E-state index is 13.5. The van der Waals surface area contributed by atoms with Crippen LogP contribution < -0.4 is 5.32 Å². The van der Waals surface area contributed by atoms with E-state index in [0.29, 0.717) is 5.56 Å². The third kappa shape index (κ3) is 2.46. The van der Waals surface area contributed by atoms with E-state index in [4.69, 9.17) is 0 Å². The molecule has 1 aromatic heterocycles. The molecule has 0 unspecified atom stereocenters. The molecule has 2 aromatic rings. The predicted molar refractivity (Wildman–Crippen MR) is 67.0 cm³/mol. The summed E-state index contributed by atoms with van der Waals surface area (Å²) in [7, 11) is 0. The van der Waals surface area contributed by atoms with Crippen LogP contribution in [0.2, 0.25) is 0 Å². The van der Waals surface area contributed by atoms with Crippen molar-refractivity contribution in [2.24, 2.45) is 0 Å². The fourth-order valence-electron chi connectivity index (χ4n) is 1.61. The topological polar surface area (TPSA) is 29.9 Å². The van der Waals surface area contributed by atoms with Gasteiger partial charge in [0.1, 0.15) is 5.82 Å². The maximum absolute atomic E-state index is 13.5. The number of rotatable bonds is 4. The van der Waals surface area contributed by atoms with Crippen molar-refractivity contribution in [1.82, 2.24) is 9.55 Å². The second-order valence-corrected chi connectivity index (χ2v) is 3.98. The number of imidazole rings is 1. The minimum atomic E-state index is -0.197. The molecule has 0 spiro atoms. The summed E-state index contributed by atoms with van der Waals surface area (Å²) >= 11 is 0. The van der Waals surface area contributed by atoms with Crippen molar-refractivity contribution in [1.29, 1.82) is 0 Å². The summed E-state index contributed by atoms with van der Waals surface area (Å²) in [4.78, 5) is 4.21. The zero-order valence-electron chi connectivity index (χ0n) is 10.1. The number of halogens is 1. The van der Waals surface area contributed by atoms with Crippen molar-refractivity contribution in [3.63, 3.8) is 0 Å². The van der Waals surface area contributed by atoms with Crippen molar-refractivity contribution >= 4 is 5.95 Å². The van der Waals surface area contributed by atoms with Crippen LogP contribution in [0.4, 0.5) is 10.3 Å². The van der Waals surface area contributed by atoms with Crippen LogP contribution >= 0.6 is 0 Å². The fraction of sp³-hybridized carbons (Fsp3) is 0.308.